The lowest BCUT2D eigenvalue weighted by molar-refractivity contribution is -0.122. The normalized spacial score (nSPS) is 19.9. The first-order valence-corrected chi connectivity index (χ1v) is 6.41. The zero-order valence-corrected chi connectivity index (χ0v) is 11.3. The maximum absolute atomic E-state index is 11.7. The van der Waals surface area contributed by atoms with Crippen molar-refractivity contribution in [3.8, 4) is 0 Å². The van der Waals surface area contributed by atoms with Crippen LogP contribution in [0.3, 0.4) is 0 Å². The van der Waals surface area contributed by atoms with Gasteiger partial charge in [-0.1, -0.05) is 0 Å². The molecule has 1 heterocycles. The van der Waals surface area contributed by atoms with Crippen LogP contribution < -0.4 is 16.0 Å². The van der Waals surface area contributed by atoms with Crippen LogP contribution in [-0.2, 0) is 9.53 Å². The van der Waals surface area contributed by atoms with Crippen LogP contribution >= 0.6 is 0 Å². The first kappa shape index (κ1) is 14.9. The highest BCUT2D eigenvalue weighted by molar-refractivity contribution is 5.96. The smallest absolute Gasteiger partial charge is 0.321 e. The highest BCUT2D eigenvalue weighted by atomic mass is 16.5. The van der Waals surface area contributed by atoms with E-state index in [9.17, 15) is 9.59 Å². The number of nitrogens with one attached hydrogen (secondary N) is 3. The van der Waals surface area contributed by atoms with E-state index < -0.39 is 6.03 Å². The Labute approximate surface area is 108 Å². The van der Waals surface area contributed by atoms with Gasteiger partial charge in [0.2, 0.25) is 5.91 Å². The fourth-order valence-electron chi connectivity index (χ4n) is 2.10. The zero-order valence-electron chi connectivity index (χ0n) is 11.3. The van der Waals surface area contributed by atoms with Crippen LogP contribution in [0.5, 0.6) is 0 Å². The van der Waals surface area contributed by atoms with Gasteiger partial charge in [0.1, 0.15) is 0 Å². The lowest BCUT2D eigenvalue weighted by Crippen LogP contribution is -2.51. The molecule has 0 aliphatic carbocycles. The van der Waals surface area contributed by atoms with E-state index >= 15 is 0 Å². The molecule has 3 amide bonds. The van der Waals surface area contributed by atoms with Crippen molar-refractivity contribution >= 4 is 11.9 Å². The molecule has 1 fully saturated rings. The lowest BCUT2D eigenvalue weighted by Gasteiger charge is -2.30. The van der Waals surface area contributed by atoms with Gasteiger partial charge in [-0.05, 0) is 32.6 Å². The fourth-order valence-corrected chi connectivity index (χ4v) is 2.10. The molecule has 104 valence electrons. The monoisotopic (exact) mass is 257 g/mol. The van der Waals surface area contributed by atoms with Crippen LogP contribution in [0, 0.1) is 5.92 Å². The molecule has 6 nitrogen and oxygen atoms in total. The second-order valence-electron chi connectivity index (χ2n) is 4.70. The van der Waals surface area contributed by atoms with E-state index in [-0.39, 0.29) is 18.0 Å². The maximum Gasteiger partial charge on any atom is 0.321 e. The molecule has 0 aromatic heterocycles. The van der Waals surface area contributed by atoms with E-state index in [4.69, 9.17) is 4.74 Å². The van der Waals surface area contributed by atoms with Crippen molar-refractivity contribution in [3.05, 3.63) is 0 Å². The van der Waals surface area contributed by atoms with Crippen molar-refractivity contribution in [1.82, 2.24) is 16.0 Å². The lowest BCUT2D eigenvalue weighted by atomic mass is 9.92. The average molecular weight is 257 g/mol. The highest BCUT2D eigenvalue weighted by Crippen LogP contribution is 2.18. The number of urea groups is 1. The summed E-state index contributed by atoms with van der Waals surface area (Å²) in [7, 11) is 1.48. The van der Waals surface area contributed by atoms with Crippen LogP contribution in [-0.4, -0.2) is 44.3 Å². The number of hydrogen-bond donors (Lipinski definition) is 3. The number of hydrogen-bond acceptors (Lipinski definition) is 4. The van der Waals surface area contributed by atoms with Gasteiger partial charge < -0.3 is 15.4 Å². The second kappa shape index (κ2) is 7.33. The molecule has 2 unspecified atom stereocenters. The first-order chi connectivity index (χ1) is 8.54. The number of amides is 3. The summed E-state index contributed by atoms with van der Waals surface area (Å²) < 4.78 is 5.31. The van der Waals surface area contributed by atoms with E-state index in [1.54, 1.807) is 6.92 Å². The minimum Gasteiger partial charge on any atom is -0.381 e. The summed E-state index contributed by atoms with van der Waals surface area (Å²) in [6.07, 6.45) is 2.02. The SMILES string of the molecule is CNC(=O)NC(=O)C(C)NC(C)C1CCOCC1. The van der Waals surface area contributed by atoms with E-state index in [2.05, 4.69) is 22.9 Å². The van der Waals surface area contributed by atoms with Crippen LogP contribution in [0.15, 0.2) is 0 Å². The van der Waals surface area contributed by atoms with Gasteiger partial charge >= 0.3 is 6.03 Å². The van der Waals surface area contributed by atoms with Crippen LogP contribution in [0.1, 0.15) is 26.7 Å². The van der Waals surface area contributed by atoms with Crippen molar-refractivity contribution < 1.29 is 14.3 Å². The van der Waals surface area contributed by atoms with E-state index in [0.29, 0.717) is 5.92 Å². The minimum absolute atomic E-state index is 0.235. The topological polar surface area (TPSA) is 79.5 Å². The summed E-state index contributed by atoms with van der Waals surface area (Å²) in [5.74, 6) is 0.210. The van der Waals surface area contributed by atoms with Gasteiger partial charge in [-0.15, -0.1) is 0 Å². The Morgan fingerprint density at radius 3 is 2.39 bits per heavy atom. The summed E-state index contributed by atoms with van der Waals surface area (Å²) in [6.45, 7) is 5.40. The summed E-state index contributed by atoms with van der Waals surface area (Å²) in [5.41, 5.74) is 0. The summed E-state index contributed by atoms with van der Waals surface area (Å²) in [5, 5.41) is 7.84. The van der Waals surface area contributed by atoms with Crippen LogP contribution in [0.4, 0.5) is 4.79 Å². The predicted molar refractivity (Wildman–Crippen MR) is 68.2 cm³/mol. The molecule has 0 bridgehead atoms. The maximum atomic E-state index is 11.7. The number of ether oxygens (including phenoxy) is 1. The van der Waals surface area contributed by atoms with Gasteiger partial charge in [0.15, 0.2) is 0 Å². The van der Waals surface area contributed by atoms with E-state index in [1.807, 2.05) is 0 Å². The number of imide groups is 1. The molecule has 1 saturated heterocycles. The molecular formula is C12H23N3O3. The third-order valence-electron chi connectivity index (χ3n) is 3.34. The molecule has 1 aliphatic rings. The van der Waals surface area contributed by atoms with Crippen molar-refractivity contribution in [1.29, 1.82) is 0 Å². The van der Waals surface area contributed by atoms with Crippen molar-refractivity contribution in [2.45, 2.75) is 38.8 Å². The summed E-state index contributed by atoms with van der Waals surface area (Å²) in [6, 6.07) is -0.633. The fraction of sp³-hybridized carbons (Fsp3) is 0.833. The molecule has 0 spiro atoms. The van der Waals surface area contributed by atoms with E-state index in [0.717, 1.165) is 26.1 Å². The van der Waals surface area contributed by atoms with Gasteiger partial charge in [-0.2, -0.15) is 0 Å². The van der Waals surface area contributed by atoms with Crippen LogP contribution in [0.25, 0.3) is 0 Å². The molecule has 0 aromatic rings. The number of carbonyl (C=O) groups excluding carboxylic acids is 2. The molecule has 3 N–H and O–H groups in total. The van der Waals surface area contributed by atoms with E-state index in [1.165, 1.54) is 7.05 Å². The Hall–Kier alpha value is -1.14. The Kier molecular flexibility index (Phi) is 6.07. The predicted octanol–water partition coefficient (Wildman–Crippen LogP) is 0.235. The molecule has 1 rings (SSSR count). The Balaban J connectivity index is 2.35. The molecule has 18 heavy (non-hydrogen) atoms. The van der Waals surface area contributed by atoms with Crippen LogP contribution in [0.2, 0.25) is 0 Å². The van der Waals surface area contributed by atoms with Gasteiger partial charge in [0.25, 0.3) is 0 Å². The third kappa shape index (κ3) is 4.62. The van der Waals surface area contributed by atoms with Gasteiger partial charge in [0.05, 0.1) is 6.04 Å². The molecule has 6 heteroatoms. The van der Waals surface area contributed by atoms with Crippen molar-refractivity contribution in [3.63, 3.8) is 0 Å². The molecule has 2 atom stereocenters. The quantitative estimate of drug-likeness (QED) is 0.674. The Morgan fingerprint density at radius 2 is 1.83 bits per heavy atom. The number of rotatable bonds is 4. The standard InChI is InChI=1S/C12H23N3O3/c1-8(10-4-6-18-7-5-10)14-9(2)11(16)15-12(17)13-3/h8-10,14H,4-7H2,1-3H3,(H2,13,15,16,17). The highest BCUT2D eigenvalue weighted by Gasteiger charge is 2.24. The summed E-state index contributed by atoms with van der Waals surface area (Å²) in [4.78, 5) is 22.7. The minimum atomic E-state index is -0.479. The number of carbonyl (C=O) groups is 2. The second-order valence-corrected chi connectivity index (χ2v) is 4.70. The van der Waals surface area contributed by atoms with Crippen molar-refractivity contribution in [2.24, 2.45) is 5.92 Å². The molecule has 1 aliphatic heterocycles. The molecule has 0 radical (unpaired) electrons. The third-order valence-corrected chi connectivity index (χ3v) is 3.34. The molecule has 0 saturated carbocycles. The average Bonchev–Trinajstić information content (AvgIpc) is 2.39. The Morgan fingerprint density at radius 1 is 1.22 bits per heavy atom. The van der Waals surface area contributed by atoms with Gasteiger partial charge in [0, 0.05) is 26.3 Å². The largest absolute Gasteiger partial charge is 0.381 e. The zero-order chi connectivity index (χ0) is 13.5. The first-order valence-electron chi connectivity index (χ1n) is 6.41. The molecule has 0 aromatic carbocycles. The summed E-state index contributed by atoms with van der Waals surface area (Å²) >= 11 is 0. The Bertz CT molecular complexity index is 290. The van der Waals surface area contributed by atoms with Gasteiger partial charge in [-0.3, -0.25) is 10.1 Å². The molecular weight excluding hydrogens is 234 g/mol. The van der Waals surface area contributed by atoms with Gasteiger partial charge in [-0.25, -0.2) is 4.79 Å². The van der Waals surface area contributed by atoms with Crippen molar-refractivity contribution in [2.75, 3.05) is 20.3 Å².